The molecule has 6 nitrogen and oxygen atoms in total. The van der Waals surface area contributed by atoms with Crippen molar-refractivity contribution in [2.45, 2.75) is 6.92 Å². The van der Waals surface area contributed by atoms with E-state index in [1.54, 1.807) is 19.4 Å². The van der Waals surface area contributed by atoms with Gasteiger partial charge in [-0.1, -0.05) is 27.3 Å². The van der Waals surface area contributed by atoms with Crippen LogP contribution in [0.3, 0.4) is 0 Å². The molecular weight excluding hydrogens is 454 g/mol. The van der Waals surface area contributed by atoms with Crippen molar-refractivity contribution in [2.75, 3.05) is 12.5 Å². The number of halogens is 1. The molecule has 0 aliphatic heterocycles. The predicted octanol–water partition coefficient (Wildman–Crippen LogP) is 5.52. The number of aromatic nitrogens is 1. The Morgan fingerprint density at radius 2 is 2.00 bits per heavy atom. The van der Waals surface area contributed by atoms with Gasteiger partial charge in [-0.3, -0.25) is 5.43 Å². The van der Waals surface area contributed by atoms with E-state index >= 15 is 0 Å². The van der Waals surface area contributed by atoms with E-state index in [1.165, 1.54) is 11.3 Å². The minimum absolute atomic E-state index is 0.395. The van der Waals surface area contributed by atoms with Gasteiger partial charge in [0.15, 0.2) is 0 Å². The molecule has 146 valence electrons. The number of rotatable bonds is 5. The lowest BCUT2D eigenvalue weighted by molar-refractivity contribution is 0.415. The number of hydrogen-bond acceptors (Lipinski definition) is 7. The fraction of sp³-hybridized carbons (Fsp3) is 0.0952. The van der Waals surface area contributed by atoms with Crippen molar-refractivity contribution in [3.63, 3.8) is 0 Å². The van der Waals surface area contributed by atoms with Gasteiger partial charge < -0.3 is 9.15 Å². The number of fused-ring (bicyclic) bond motifs is 1. The molecule has 8 heteroatoms. The Kier molecular flexibility index (Phi) is 5.46. The first-order chi connectivity index (χ1) is 14.0. The number of ether oxygens (including phenoxy) is 1. The van der Waals surface area contributed by atoms with Crippen LogP contribution in [0.5, 0.6) is 5.75 Å². The molecule has 0 unspecified atom stereocenters. The fourth-order valence-corrected chi connectivity index (χ4v) is 3.89. The lowest BCUT2D eigenvalue weighted by Gasteiger charge is -2.03. The molecule has 4 aromatic rings. The predicted molar refractivity (Wildman–Crippen MR) is 120 cm³/mol. The van der Waals surface area contributed by atoms with E-state index in [-0.39, 0.29) is 0 Å². The fourth-order valence-electron chi connectivity index (χ4n) is 2.74. The van der Waals surface area contributed by atoms with Crippen molar-refractivity contribution in [1.29, 1.82) is 0 Å². The largest absolute Gasteiger partial charge is 0.497 e. The lowest BCUT2D eigenvalue weighted by Crippen LogP contribution is -2.01. The molecule has 0 atom stereocenters. The summed E-state index contributed by atoms with van der Waals surface area (Å²) in [5.74, 6) is 0.792. The average Bonchev–Trinajstić information content (AvgIpc) is 3.20. The highest BCUT2D eigenvalue weighted by Crippen LogP contribution is 2.29. The first-order valence-corrected chi connectivity index (χ1v) is 10.3. The number of methoxy groups -OCH3 is 1. The summed E-state index contributed by atoms with van der Waals surface area (Å²) >= 11 is 4.77. The van der Waals surface area contributed by atoms with E-state index in [2.05, 4.69) is 31.4 Å². The van der Waals surface area contributed by atoms with Crippen molar-refractivity contribution < 1.29 is 9.15 Å². The third kappa shape index (κ3) is 4.23. The van der Waals surface area contributed by atoms with E-state index in [0.717, 1.165) is 26.9 Å². The highest BCUT2D eigenvalue weighted by molar-refractivity contribution is 9.10. The minimum Gasteiger partial charge on any atom is -0.497 e. The van der Waals surface area contributed by atoms with Crippen LogP contribution in [0.1, 0.15) is 12.5 Å². The van der Waals surface area contributed by atoms with Gasteiger partial charge in [-0.25, -0.2) is 9.78 Å². The van der Waals surface area contributed by atoms with Crippen molar-refractivity contribution in [1.82, 2.24) is 4.98 Å². The first kappa shape index (κ1) is 19.4. The molecule has 0 radical (unpaired) electrons. The van der Waals surface area contributed by atoms with Crippen molar-refractivity contribution >= 4 is 49.1 Å². The third-order valence-corrected chi connectivity index (χ3v) is 5.72. The standard InChI is InChI=1S/C21H16BrN3O3S/c1-12(13-3-6-16(27-2)7-4-13)24-25-21-23-11-19(29-21)17-10-14-9-15(22)5-8-18(14)28-20(17)26/h3-11H,1-2H3,(H,23,25). The second-order valence-electron chi connectivity index (χ2n) is 6.20. The van der Waals surface area contributed by atoms with E-state index < -0.39 is 5.63 Å². The topological polar surface area (TPSA) is 76.7 Å². The molecule has 1 N–H and O–H groups in total. The maximum Gasteiger partial charge on any atom is 0.345 e. The second kappa shape index (κ2) is 8.18. The van der Waals surface area contributed by atoms with E-state index in [0.29, 0.717) is 21.2 Å². The molecule has 0 bridgehead atoms. The van der Waals surface area contributed by atoms with E-state index in [4.69, 9.17) is 9.15 Å². The number of thiazole rings is 1. The molecule has 29 heavy (non-hydrogen) atoms. The summed E-state index contributed by atoms with van der Waals surface area (Å²) in [7, 11) is 1.63. The van der Waals surface area contributed by atoms with Crippen LogP contribution in [-0.4, -0.2) is 17.8 Å². The molecule has 0 fully saturated rings. The summed E-state index contributed by atoms with van der Waals surface area (Å²) < 4.78 is 11.5. The average molecular weight is 470 g/mol. The van der Waals surface area contributed by atoms with Crippen LogP contribution in [0.2, 0.25) is 0 Å². The Labute approximate surface area is 179 Å². The molecule has 2 aromatic heterocycles. The maximum absolute atomic E-state index is 12.4. The Bertz CT molecular complexity index is 1260. The van der Waals surface area contributed by atoms with Gasteiger partial charge in [0, 0.05) is 16.1 Å². The molecule has 2 aromatic carbocycles. The van der Waals surface area contributed by atoms with Gasteiger partial charge in [-0.2, -0.15) is 5.10 Å². The highest BCUT2D eigenvalue weighted by Gasteiger charge is 2.12. The molecule has 2 heterocycles. The van der Waals surface area contributed by atoms with Crippen LogP contribution in [0, 0.1) is 0 Å². The molecule has 0 saturated heterocycles. The van der Waals surface area contributed by atoms with Gasteiger partial charge >= 0.3 is 5.63 Å². The molecule has 0 aliphatic rings. The van der Waals surface area contributed by atoms with Crippen molar-refractivity contribution in [3.05, 3.63) is 75.2 Å². The summed E-state index contributed by atoms with van der Waals surface area (Å²) in [4.78, 5) is 17.4. The van der Waals surface area contributed by atoms with E-state index in [9.17, 15) is 4.79 Å². The van der Waals surface area contributed by atoms with Gasteiger partial charge in [0.25, 0.3) is 0 Å². The minimum atomic E-state index is -0.395. The Balaban J connectivity index is 1.57. The maximum atomic E-state index is 12.4. The summed E-state index contributed by atoms with van der Waals surface area (Å²) in [5.41, 5.74) is 5.34. The monoisotopic (exact) mass is 469 g/mol. The zero-order valence-electron chi connectivity index (χ0n) is 15.6. The smallest absolute Gasteiger partial charge is 0.345 e. The number of nitrogens with zero attached hydrogens (tertiary/aromatic N) is 2. The number of hydrazone groups is 1. The first-order valence-electron chi connectivity index (χ1n) is 8.68. The SMILES string of the molecule is COc1ccc(C(C)=NNc2ncc(-c3cc4cc(Br)ccc4oc3=O)s2)cc1. The number of benzene rings is 2. The second-order valence-corrected chi connectivity index (χ2v) is 8.14. The van der Waals surface area contributed by atoms with Gasteiger partial charge in [0.2, 0.25) is 5.13 Å². The number of nitrogens with one attached hydrogen (secondary N) is 1. The van der Waals surface area contributed by atoms with Crippen LogP contribution in [0.25, 0.3) is 21.4 Å². The number of anilines is 1. The quantitative estimate of drug-likeness (QED) is 0.236. The summed E-state index contributed by atoms with van der Waals surface area (Å²) in [6.45, 7) is 1.90. The van der Waals surface area contributed by atoms with Gasteiger partial charge in [-0.15, -0.1) is 0 Å². The summed E-state index contributed by atoms with van der Waals surface area (Å²) in [6, 6.07) is 15.0. The van der Waals surface area contributed by atoms with Crippen LogP contribution < -0.4 is 15.8 Å². The molecule has 0 spiro atoms. The van der Waals surface area contributed by atoms with Crippen LogP contribution in [0.4, 0.5) is 5.13 Å². The molecular formula is C21H16BrN3O3S. The number of hydrogen-bond donors (Lipinski definition) is 1. The van der Waals surface area contributed by atoms with E-state index in [1.807, 2.05) is 49.4 Å². The van der Waals surface area contributed by atoms with Crippen LogP contribution in [0.15, 0.2) is 73.5 Å². The van der Waals surface area contributed by atoms with Gasteiger partial charge in [-0.05, 0) is 61.0 Å². The molecule has 0 aliphatic carbocycles. The Morgan fingerprint density at radius 3 is 2.76 bits per heavy atom. The normalized spacial score (nSPS) is 11.6. The highest BCUT2D eigenvalue weighted by atomic mass is 79.9. The van der Waals surface area contributed by atoms with Crippen LogP contribution >= 0.6 is 27.3 Å². The summed E-state index contributed by atoms with van der Waals surface area (Å²) in [6.07, 6.45) is 1.64. The van der Waals surface area contributed by atoms with Crippen LogP contribution in [-0.2, 0) is 0 Å². The van der Waals surface area contributed by atoms with Crippen molar-refractivity contribution in [2.24, 2.45) is 5.10 Å². The third-order valence-electron chi connectivity index (χ3n) is 4.29. The zero-order valence-corrected chi connectivity index (χ0v) is 18.0. The van der Waals surface area contributed by atoms with Gasteiger partial charge in [0.1, 0.15) is 11.3 Å². The zero-order chi connectivity index (χ0) is 20.4. The molecule has 4 rings (SSSR count). The molecule has 0 amide bonds. The Morgan fingerprint density at radius 1 is 1.21 bits per heavy atom. The molecule has 0 saturated carbocycles. The Hall–Kier alpha value is -2.97. The van der Waals surface area contributed by atoms with Crippen molar-refractivity contribution in [3.8, 4) is 16.2 Å². The van der Waals surface area contributed by atoms with Gasteiger partial charge in [0.05, 0.1) is 23.3 Å². The summed E-state index contributed by atoms with van der Waals surface area (Å²) in [5, 5.41) is 5.80. The lowest BCUT2D eigenvalue weighted by atomic mass is 10.1.